The van der Waals surface area contributed by atoms with Crippen LogP contribution in [0.3, 0.4) is 0 Å². The molecule has 1 aliphatic rings. The van der Waals surface area contributed by atoms with Gasteiger partial charge in [0, 0.05) is 16.3 Å². The van der Waals surface area contributed by atoms with Gasteiger partial charge in [-0.1, -0.05) is 30.2 Å². The van der Waals surface area contributed by atoms with E-state index in [-0.39, 0.29) is 12.1 Å². The standard InChI is InChI=1S/C23H25ClF3N5O/c1-14-21(15(2)31(29-14)12-16-7-6-8-17(24)11-16)28-20(33)13-32-19-10-5-3-4-9-18(19)22(30-32)23(25,26)27/h6-8,11H,3-5,9-10,12-13H2,1-2H3,(H,28,33). The highest BCUT2D eigenvalue weighted by molar-refractivity contribution is 6.30. The van der Waals surface area contributed by atoms with Crippen LogP contribution in [0.4, 0.5) is 18.9 Å². The van der Waals surface area contributed by atoms with Crippen molar-refractivity contribution < 1.29 is 18.0 Å². The molecule has 176 valence electrons. The molecule has 0 bridgehead atoms. The molecule has 0 atom stereocenters. The number of halogens is 4. The summed E-state index contributed by atoms with van der Waals surface area (Å²) in [6.07, 6.45) is -1.38. The van der Waals surface area contributed by atoms with Gasteiger partial charge in [-0.3, -0.25) is 14.2 Å². The molecule has 2 heterocycles. The average molecular weight is 480 g/mol. The van der Waals surface area contributed by atoms with Crippen molar-refractivity contribution in [3.63, 3.8) is 0 Å². The minimum absolute atomic E-state index is 0.231. The molecular formula is C23H25ClF3N5O. The lowest BCUT2D eigenvalue weighted by molar-refractivity contribution is -0.142. The highest BCUT2D eigenvalue weighted by atomic mass is 35.5. The Kier molecular flexibility index (Phi) is 6.52. The summed E-state index contributed by atoms with van der Waals surface area (Å²) in [5.41, 5.74) is 2.76. The first kappa shape index (κ1) is 23.4. The molecule has 0 aliphatic heterocycles. The van der Waals surface area contributed by atoms with Gasteiger partial charge in [-0.15, -0.1) is 0 Å². The number of hydrogen-bond donors (Lipinski definition) is 1. The van der Waals surface area contributed by atoms with Gasteiger partial charge in [-0.2, -0.15) is 23.4 Å². The van der Waals surface area contributed by atoms with E-state index in [4.69, 9.17) is 11.6 Å². The number of fused-ring (bicyclic) bond motifs is 1. The van der Waals surface area contributed by atoms with Gasteiger partial charge in [0.05, 0.1) is 23.6 Å². The molecule has 1 aromatic carbocycles. The monoisotopic (exact) mass is 479 g/mol. The van der Waals surface area contributed by atoms with Crippen molar-refractivity contribution in [3.05, 3.63) is 63.2 Å². The number of amides is 1. The number of carbonyl (C=O) groups excluding carboxylic acids is 1. The molecule has 3 aromatic rings. The molecule has 1 N–H and O–H groups in total. The van der Waals surface area contributed by atoms with E-state index in [0.717, 1.165) is 24.1 Å². The van der Waals surface area contributed by atoms with Crippen molar-refractivity contribution in [3.8, 4) is 0 Å². The first-order valence-corrected chi connectivity index (χ1v) is 11.3. The molecule has 0 saturated heterocycles. The van der Waals surface area contributed by atoms with E-state index in [0.29, 0.717) is 47.9 Å². The summed E-state index contributed by atoms with van der Waals surface area (Å²) in [5.74, 6) is -0.438. The lowest BCUT2D eigenvalue weighted by atomic mass is 10.1. The highest BCUT2D eigenvalue weighted by Crippen LogP contribution is 2.35. The summed E-state index contributed by atoms with van der Waals surface area (Å²) < 4.78 is 43.6. The van der Waals surface area contributed by atoms with Crippen LogP contribution in [0.1, 0.15) is 53.2 Å². The molecule has 0 radical (unpaired) electrons. The molecule has 0 fully saturated rings. The number of hydrogen-bond acceptors (Lipinski definition) is 3. The van der Waals surface area contributed by atoms with Gasteiger partial charge in [0.2, 0.25) is 5.91 Å². The minimum Gasteiger partial charge on any atom is -0.321 e. The number of anilines is 1. The summed E-state index contributed by atoms with van der Waals surface area (Å²) in [5, 5.41) is 11.7. The summed E-state index contributed by atoms with van der Waals surface area (Å²) in [6, 6.07) is 7.42. The molecule has 33 heavy (non-hydrogen) atoms. The van der Waals surface area contributed by atoms with E-state index in [2.05, 4.69) is 15.5 Å². The number of alkyl halides is 3. The topological polar surface area (TPSA) is 64.7 Å². The third-order valence-electron chi connectivity index (χ3n) is 5.94. The van der Waals surface area contributed by atoms with Crippen molar-refractivity contribution in [1.29, 1.82) is 0 Å². The Balaban J connectivity index is 1.54. The second-order valence-corrected chi connectivity index (χ2v) is 8.81. The number of aromatic nitrogens is 4. The Morgan fingerprint density at radius 2 is 1.88 bits per heavy atom. The number of aryl methyl sites for hydroxylation is 1. The van der Waals surface area contributed by atoms with Crippen molar-refractivity contribution in [2.45, 2.75) is 65.2 Å². The molecule has 0 unspecified atom stereocenters. The van der Waals surface area contributed by atoms with Gasteiger partial charge in [0.1, 0.15) is 6.54 Å². The molecule has 1 amide bonds. The fourth-order valence-corrected chi connectivity index (χ4v) is 4.57. The van der Waals surface area contributed by atoms with Crippen LogP contribution >= 0.6 is 11.6 Å². The second kappa shape index (κ2) is 9.21. The minimum atomic E-state index is -4.54. The highest BCUT2D eigenvalue weighted by Gasteiger charge is 2.39. The Morgan fingerprint density at radius 1 is 1.12 bits per heavy atom. The van der Waals surface area contributed by atoms with Crippen LogP contribution in [0.25, 0.3) is 0 Å². The molecule has 4 rings (SSSR count). The lowest BCUT2D eigenvalue weighted by Gasteiger charge is -2.10. The predicted molar refractivity (Wildman–Crippen MR) is 119 cm³/mol. The van der Waals surface area contributed by atoms with Crippen LogP contribution in [0.15, 0.2) is 24.3 Å². The zero-order chi connectivity index (χ0) is 23.8. The number of nitrogens with zero attached hydrogens (tertiary/aromatic N) is 4. The van der Waals surface area contributed by atoms with E-state index in [1.807, 2.05) is 25.1 Å². The van der Waals surface area contributed by atoms with E-state index >= 15 is 0 Å². The summed E-state index contributed by atoms with van der Waals surface area (Å²) in [7, 11) is 0. The predicted octanol–water partition coefficient (Wildman–Crippen LogP) is 5.32. The van der Waals surface area contributed by atoms with Crippen LogP contribution in [-0.2, 0) is 36.9 Å². The Hall–Kier alpha value is -2.81. The number of benzene rings is 1. The van der Waals surface area contributed by atoms with Crippen LogP contribution in [-0.4, -0.2) is 25.5 Å². The number of rotatable bonds is 5. The van der Waals surface area contributed by atoms with Gasteiger partial charge in [-0.25, -0.2) is 0 Å². The molecule has 0 spiro atoms. The first-order valence-electron chi connectivity index (χ1n) is 10.9. The maximum Gasteiger partial charge on any atom is 0.435 e. The van der Waals surface area contributed by atoms with E-state index < -0.39 is 17.8 Å². The number of nitrogens with one attached hydrogen (secondary N) is 1. The average Bonchev–Trinajstić information content (AvgIpc) is 3.07. The molecule has 6 nitrogen and oxygen atoms in total. The first-order chi connectivity index (χ1) is 15.6. The summed E-state index contributed by atoms with van der Waals surface area (Å²) in [4.78, 5) is 12.8. The van der Waals surface area contributed by atoms with E-state index in [1.54, 1.807) is 17.7 Å². The third-order valence-corrected chi connectivity index (χ3v) is 6.17. The zero-order valence-corrected chi connectivity index (χ0v) is 19.2. The molecule has 2 aromatic heterocycles. The fraction of sp³-hybridized carbons (Fsp3) is 0.435. The van der Waals surface area contributed by atoms with Crippen LogP contribution in [0.2, 0.25) is 5.02 Å². The van der Waals surface area contributed by atoms with Gasteiger partial charge in [0.15, 0.2) is 5.69 Å². The van der Waals surface area contributed by atoms with E-state index in [9.17, 15) is 18.0 Å². The van der Waals surface area contributed by atoms with Crippen molar-refractivity contribution in [2.24, 2.45) is 0 Å². The van der Waals surface area contributed by atoms with Crippen LogP contribution in [0.5, 0.6) is 0 Å². The molecule has 0 saturated carbocycles. The SMILES string of the molecule is Cc1nn(Cc2cccc(Cl)c2)c(C)c1NC(=O)Cn1nc(C(F)(F)F)c2c1CCCCC2. The van der Waals surface area contributed by atoms with Crippen molar-refractivity contribution >= 4 is 23.2 Å². The van der Waals surface area contributed by atoms with Gasteiger partial charge in [-0.05, 0) is 57.2 Å². The Bertz CT molecular complexity index is 1180. The van der Waals surface area contributed by atoms with Crippen molar-refractivity contribution in [2.75, 3.05) is 5.32 Å². The maximum absolute atomic E-state index is 13.5. The quantitative estimate of drug-likeness (QED) is 0.503. The van der Waals surface area contributed by atoms with Gasteiger partial charge in [0.25, 0.3) is 0 Å². The summed E-state index contributed by atoms with van der Waals surface area (Å²) >= 11 is 6.06. The van der Waals surface area contributed by atoms with Crippen LogP contribution in [0, 0.1) is 13.8 Å². The van der Waals surface area contributed by atoms with Crippen LogP contribution < -0.4 is 5.32 Å². The number of carbonyl (C=O) groups is 1. The Morgan fingerprint density at radius 3 is 2.61 bits per heavy atom. The molecule has 1 aliphatic carbocycles. The van der Waals surface area contributed by atoms with Crippen molar-refractivity contribution in [1.82, 2.24) is 19.6 Å². The third kappa shape index (κ3) is 5.08. The normalized spacial score (nSPS) is 14.1. The summed E-state index contributed by atoms with van der Waals surface area (Å²) in [6.45, 7) is 3.81. The maximum atomic E-state index is 13.5. The lowest BCUT2D eigenvalue weighted by Crippen LogP contribution is -2.22. The fourth-order valence-electron chi connectivity index (χ4n) is 4.36. The molecule has 10 heteroatoms. The smallest absolute Gasteiger partial charge is 0.321 e. The zero-order valence-electron chi connectivity index (χ0n) is 18.5. The van der Waals surface area contributed by atoms with Gasteiger partial charge < -0.3 is 5.32 Å². The largest absolute Gasteiger partial charge is 0.435 e. The molecular weight excluding hydrogens is 455 g/mol. The second-order valence-electron chi connectivity index (χ2n) is 8.37. The van der Waals surface area contributed by atoms with E-state index in [1.165, 1.54) is 4.68 Å². The Labute approximate surface area is 194 Å². The van der Waals surface area contributed by atoms with Gasteiger partial charge >= 0.3 is 6.18 Å².